The summed E-state index contributed by atoms with van der Waals surface area (Å²) in [5, 5.41) is 8.27. The number of hydrogen-bond acceptors (Lipinski definition) is 3. The van der Waals surface area contributed by atoms with E-state index in [1.807, 2.05) is 0 Å². The van der Waals surface area contributed by atoms with Crippen molar-refractivity contribution in [2.75, 3.05) is 19.6 Å². The zero-order chi connectivity index (χ0) is 14.4. The van der Waals surface area contributed by atoms with Gasteiger partial charge in [-0.05, 0) is 44.8 Å². The van der Waals surface area contributed by atoms with Gasteiger partial charge in [-0.2, -0.15) is 5.10 Å². The second-order valence-corrected chi connectivity index (χ2v) is 5.83. The van der Waals surface area contributed by atoms with Gasteiger partial charge in [-0.3, -0.25) is 9.58 Å². The summed E-state index contributed by atoms with van der Waals surface area (Å²) in [6.07, 6.45) is 7.11. The first-order valence-electron chi connectivity index (χ1n) is 8.27. The molecule has 1 atom stereocenters. The van der Waals surface area contributed by atoms with E-state index >= 15 is 0 Å². The summed E-state index contributed by atoms with van der Waals surface area (Å²) in [6.45, 7) is 11.1. The van der Waals surface area contributed by atoms with Crippen LogP contribution in [-0.2, 0) is 6.54 Å². The molecule has 4 heteroatoms. The van der Waals surface area contributed by atoms with Crippen molar-refractivity contribution in [1.29, 1.82) is 0 Å². The van der Waals surface area contributed by atoms with Crippen LogP contribution < -0.4 is 5.32 Å². The quantitative estimate of drug-likeness (QED) is 0.794. The number of likely N-dealkylation sites (N-methyl/N-ethyl adjacent to an activating group) is 1. The van der Waals surface area contributed by atoms with E-state index in [0.29, 0.717) is 12.1 Å². The van der Waals surface area contributed by atoms with E-state index in [4.69, 9.17) is 5.10 Å². The van der Waals surface area contributed by atoms with Gasteiger partial charge in [0.25, 0.3) is 0 Å². The molecule has 1 saturated heterocycles. The minimum Gasteiger partial charge on any atom is -0.315 e. The van der Waals surface area contributed by atoms with E-state index in [-0.39, 0.29) is 0 Å². The molecule has 0 amide bonds. The molecule has 4 nitrogen and oxygen atoms in total. The molecule has 0 aliphatic carbocycles. The van der Waals surface area contributed by atoms with Crippen LogP contribution in [0.2, 0.25) is 0 Å². The summed E-state index contributed by atoms with van der Waals surface area (Å²) in [7, 11) is 0. The molecular formula is C16H30N4. The van der Waals surface area contributed by atoms with Gasteiger partial charge in [-0.25, -0.2) is 0 Å². The molecule has 0 aromatic carbocycles. The number of nitrogens with one attached hydrogen (secondary N) is 1. The van der Waals surface area contributed by atoms with E-state index in [1.165, 1.54) is 25.1 Å². The molecule has 1 aliphatic heterocycles. The standard InChI is InChI=1S/C16H30N4/c1-4-15(5-2)20-11-9-14(18-20)13-19-10-7-8-16(19)12-17-6-3/h9,11,15-17H,4-8,10,12-13H2,1-3H3. The lowest BCUT2D eigenvalue weighted by molar-refractivity contribution is 0.236. The molecule has 20 heavy (non-hydrogen) atoms. The molecule has 1 aromatic heterocycles. The maximum Gasteiger partial charge on any atom is 0.0765 e. The Bertz CT molecular complexity index is 384. The highest BCUT2D eigenvalue weighted by molar-refractivity contribution is 5.01. The highest BCUT2D eigenvalue weighted by Gasteiger charge is 2.24. The predicted octanol–water partition coefficient (Wildman–Crippen LogP) is 2.82. The molecule has 2 heterocycles. The van der Waals surface area contributed by atoms with Crippen molar-refractivity contribution in [1.82, 2.24) is 20.0 Å². The summed E-state index contributed by atoms with van der Waals surface area (Å²) in [4.78, 5) is 2.59. The summed E-state index contributed by atoms with van der Waals surface area (Å²) >= 11 is 0. The van der Waals surface area contributed by atoms with E-state index in [2.05, 4.69) is 47.9 Å². The van der Waals surface area contributed by atoms with E-state index in [9.17, 15) is 0 Å². The third-order valence-electron chi connectivity index (χ3n) is 4.47. The topological polar surface area (TPSA) is 33.1 Å². The van der Waals surface area contributed by atoms with Crippen LogP contribution in [0.5, 0.6) is 0 Å². The molecule has 114 valence electrons. The Hall–Kier alpha value is -0.870. The Labute approximate surface area is 123 Å². The van der Waals surface area contributed by atoms with E-state index in [1.54, 1.807) is 0 Å². The molecule has 0 spiro atoms. The van der Waals surface area contributed by atoms with Crippen LogP contribution in [0.4, 0.5) is 0 Å². The number of rotatable bonds is 8. The lowest BCUT2D eigenvalue weighted by atomic mass is 10.2. The van der Waals surface area contributed by atoms with Crippen LogP contribution in [0.1, 0.15) is 58.2 Å². The zero-order valence-corrected chi connectivity index (χ0v) is 13.3. The first kappa shape index (κ1) is 15.5. The fraction of sp³-hybridized carbons (Fsp3) is 0.812. The van der Waals surface area contributed by atoms with Crippen molar-refractivity contribution in [2.24, 2.45) is 0 Å². The number of nitrogens with zero attached hydrogens (tertiary/aromatic N) is 3. The van der Waals surface area contributed by atoms with Gasteiger partial charge in [-0.15, -0.1) is 0 Å². The highest BCUT2D eigenvalue weighted by atomic mass is 15.3. The molecule has 0 saturated carbocycles. The molecular weight excluding hydrogens is 248 g/mol. The monoisotopic (exact) mass is 278 g/mol. The summed E-state index contributed by atoms with van der Waals surface area (Å²) < 4.78 is 2.16. The van der Waals surface area contributed by atoms with Crippen molar-refractivity contribution >= 4 is 0 Å². The van der Waals surface area contributed by atoms with Crippen molar-refractivity contribution in [2.45, 2.75) is 65.1 Å². The second kappa shape index (κ2) is 7.79. The maximum atomic E-state index is 4.79. The van der Waals surface area contributed by atoms with Gasteiger partial charge in [0.05, 0.1) is 11.7 Å². The van der Waals surface area contributed by atoms with Crippen molar-refractivity contribution in [3.63, 3.8) is 0 Å². The molecule has 2 rings (SSSR count). The second-order valence-electron chi connectivity index (χ2n) is 5.83. The Morgan fingerprint density at radius 3 is 2.85 bits per heavy atom. The number of hydrogen-bond donors (Lipinski definition) is 1. The average molecular weight is 278 g/mol. The van der Waals surface area contributed by atoms with Gasteiger partial charge in [-0.1, -0.05) is 20.8 Å². The Balaban J connectivity index is 1.92. The third-order valence-corrected chi connectivity index (χ3v) is 4.47. The SMILES string of the molecule is CCNCC1CCCN1Cc1ccn(C(CC)CC)n1. The number of likely N-dealkylation sites (tertiary alicyclic amines) is 1. The molecule has 1 aromatic rings. The molecule has 1 fully saturated rings. The van der Waals surface area contributed by atoms with Crippen LogP contribution in [0.15, 0.2) is 12.3 Å². The predicted molar refractivity (Wildman–Crippen MR) is 83.8 cm³/mol. The van der Waals surface area contributed by atoms with Gasteiger partial charge in [0.1, 0.15) is 0 Å². The highest BCUT2D eigenvalue weighted by Crippen LogP contribution is 2.20. The van der Waals surface area contributed by atoms with Gasteiger partial charge >= 0.3 is 0 Å². The Kier molecular flexibility index (Phi) is 6.05. The van der Waals surface area contributed by atoms with Crippen LogP contribution >= 0.6 is 0 Å². The summed E-state index contributed by atoms with van der Waals surface area (Å²) in [5.74, 6) is 0. The molecule has 1 unspecified atom stereocenters. The van der Waals surface area contributed by atoms with Crippen LogP contribution in [0.25, 0.3) is 0 Å². The third kappa shape index (κ3) is 3.83. The van der Waals surface area contributed by atoms with Crippen molar-refractivity contribution < 1.29 is 0 Å². The smallest absolute Gasteiger partial charge is 0.0765 e. The van der Waals surface area contributed by atoms with Crippen LogP contribution in [0, 0.1) is 0 Å². The molecule has 1 N–H and O–H groups in total. The number of aromatic nitrogens is 2. The lowest BCUT2D eigenvalue weighted by Crippen LogP contribution is -2.37. The van der Waals surface area contributed by atoms with Crippen molar-refractivity contribution in [3.05, 3.63) is 18.0 Å². The summed E-state index contributed by atoms with van der Waals surface area (Å²) in [5.41, 5.74) is 1.22. The Morgan fingerprint density at radius 2 is 2.15 bits per heavy atom. The van der Waals surface area contributed by atoms with Gasteiger partial charge in [0.15, 0.2) is 0 Å². The maximum absolute atomic E-state index is 4.79. The average Bonchev–Trinajstić information content (AvgIpc) is 3.08. The minimum atomic E-state index is 0.555. The fourth-order valence-electron chi connectivity index (χ4n) is 3.18. The first-order chi connectivity index (χ1) is 9.78. The lowest BCUT2D eigenvalue weighted by Gasteiger charge is -2.23. The first-order valence-corrected chi connectivity index (χ1v) is 8.27. The molecule has 1 aliphatic rings. The van der Waals surface area contributed by atoms with Crippen LogP contribution in [-0.4, -0.2) is 40.4 Å². The van der Waals surface area contributed by atoms with E-state index in [0.717, 1.165) is 32.5 Å². The molecule has 0 bridgehead atoms. The minimum absolute atomic E-state index is 0.555. The Morgan fingerprint density at radius 1 is 1.35 bits per heavy atom. The zero-order valence-electron chi connectivity index (χ0n) is 13.3. The molecule has 0 radical (unpaired) electrons. The summed E-state index contributed by atoms with van der Waals surface area (Å²) in [6, 6.07) is 3.44. The normalized spacial score (nSPS) is 20.1. The van der Waals surface area contributed by atoms with Gasteiger partial charge in [0, 0.05) is 25.3 Å². The largest absolute Gasteiger partial charge is 0.315 e. The fourth-order valence-corrected chi connectivity index (χ4v) is 3.18. The van der Waals surface area contributed by atoms with Crippen molar-refractivity contribution in [3.8, 4) is 0 Å². The van der Waals surface area contributed by atoms with E-state index < -0.39 is 0 Å². The van der Waals surface area contributed by atoms with Gasteiger partial charge in [0.2, 0.25) is 0 Å². The van der Waals surface area contributed by atoms with Gasteiger partial charge < -0.3 is 5.32 Å². The van der Waals surface area contributed by atoms with Crippen LogP contribution in [0.3, 0.4) is 0 Å².